The first-order valence-electron chi connectivity index (χ1n) is 12.8. The summed E-state index contributed by atoms with van der Waals surface area (Å²) in [5, 5.41) is 0. The highest BCUT2D eigenvalue weighted by Gasteiger charge is 2.30. The van der Waals surface area contributed by atoms with E-state index >= 15 is 0 Å². The van der Waals surface area contributed by atoms with Crippen molar-refractivity contribution in [2.75, 3.05) is 51.3 Å². The van der Waals surface area contributed by atoms with Crippen molar-refractivity contribution >= 4 is 27.6 Å². The molecule has 0 aliphatic carbocycles. The molecule has 2 aromatic rings. The van der Waals surface area contributed by atoms with E-state index in [0.29, 0.717) is 76.6 Å². The van der Waals surface area contributed by atoms with E-state index in [-0.39, 0.29) is 23.2 Å². The number of anilines is 1. The topological polar surface area (TPSA) is 96.5 Å². The van der Waals surface area contributed by atoms with Crippen LogP contribution in [0.1, 0.15) is 37.3 Å². The maximum atomic E-state index is 13.5. The average molecular weight is 530 g/mol. The fourth-order valence-electron chi connectivity index (χ4n) is 4.87. The average Bonchev–Trinajstić information content (AvgIpc) is 2.92. The summed E-state index contributed by atoms with van der Waals surface area (Å²) in [4.78, 5) is 28.2. The Morgan fingerprint density at radius 1 is 0.946 bits per heavy atom. The molecule has 0 N–H and O–H groups in total. The van der Waals surface area contributed by atoms with Gasteiger partial charge in [0.25, 0.3) is 0 Å². The minimum Gasteiger partial charge on any atom is -0.495 e. The number of fused-ring (bicyclic) bond motifs is 1. The molecule has 0 spiro atoms. The molecule has 2 aliphatic heterocycles. The Morgan fingerprint density at radius 3 is 2.38 bits per heavy atom. The standard InChI is InChI=1S/C27H35N3O6S/c1-3-36-27(32)10-6-9-26(31)29-17-15-28(16-18-29)24-19-23(11-12-25(24)35-2)37(33,34)30-14-13-21-7-4-5-8-22(21)20-30/h4-5,7-8,11-12,19H,3,6,9-10,13-18,20H2,1-2H3. The molecule has 200 valence electrons. The first-order chi connectivity index (χ1) is 17.8. The van der Waals surface area contributed by atoms with Crippen molar-refractivity contribution in [3.63, 3.8) is 0 Å². The lowest BCUT2D eigenvalue weighted by molar-refractivity contribution is -0.143. The van der Waals surface area contributed by atoms with Gasteiger partial charge in [0.05, 0.1) is 24.3 Å². The van der Waals surface area contributed by atoms with Gasteiger partial charge in [0.1, 0.15) is 5.75 Å². The molecule has 2 aliphatic rings. The van der Waals surface area contributed by atoms with Gasteiger partial charge >= 0.3 is 5.97 Å². The van der Waals surface area contributed by atoms with Gasteiger partial charge in [0, 0.05) is 52.1 Å². The van der Waals surface area contributed by atoms with Gasteiger partial charge in [0.15, 0.2) is 0 Å². The van der Waals surface area contributed by atoms with E-state index in [9.17, 15) is 18.0 Å². The van der Waals surface area contributed by atoms with Crippen LogP contribution < -0.4 is 9.64 Å². The van der Waals surface area contributed by atoms with Crippen LogP contribution in [-0.2, 0) is 37.3 Å². The van der Waals surface area contributed by atoms with Crippen molar-refractivity contribution in [3.8, 4) is 5.75 Å². The number of hydrogen-bond acceptors (Lipinski definition) is 7. The van der Waals surface area contributed by atoms with Gasteiger partial charge < -0.3 is 19.3 Å². The molecule has 0 aromatic heterocycles. The Kier molecular flexibility index (Phi) is 8.71. The molecule has 1 amide bonds. The highest BCUT2D eigenvalue weighted by molar-refractivity contribution is 7.89. The van der Waals surface area contributed by atoms with Crippen molar-refractivity contribution in [1.29, 1.82) is 0 Å². The number of amides is 1. The quantitative estimate of drug-likeness (QED) is 0.461. The first-order valence-corrected chi connectivity index (χ1v) is 14.2. The number of ether oxygens (including phenoxy) is 2. The Labute approximate surface area is 219 Å². The fourth-order valence-corrected chi connectivity index (χ4v) is 6.31. The molecule has 9 nitrogen and oxygen atoms in total. The van der Waals surface area contributed by atoms with E-state index in [2.05, 4.69) is 11.0 Å². The van der Waals surface area contributed by atoms with Crippen LogP contribution in [-0.4, -0.2) is 75.9 Å². The number of benzene rings is 2. The minimum absolute atomic E-state index is 0.0117. The summed E-state index contributed by atoms with van der Waals surface area (Å²) in [6.07, 6.45) is 1.69. The van der Waals surface area contributed by atoms with E-state index in [1.807, 2.05) is 18.2 Å². The maximum Gasteiger partial charge on any atom is 0.305 e. The van der Waals surface area contributed by atoms with Crippen LogP contribution in [0.25, 0.3) is 0 Å². The molecule has 10 heteroatoms. The smallest absolute Gasteiger partial charge is 0.305 e. The van der Waals surface area contributed by atoms with E-state index in [4.69, 9.17) is 9.47 Å². The third-order valence-corrected chi connectivity index (χ3v) is 8.77. The van der Waals surface area contributed by atoms with Crippen LogP contribution in [0.4, 0.5) is 5.69 Å². The maximum absolute atomic E-state index is 13.5. The van der Waals surface area contributed by atoms with Crippen molar-refractivity contribution in [2.45, 2.75) is 44.0 Å². The molecule has 2 aromatic carbocycles. The Hall–Kier alpha value is -3.11. The highest BCUT2D eigenvalue weighted by atomic mass is 32.2. The molecule has 0 radical (unpaired) electrons. The zero-order valence-electron chi connectivity index (χ0n) is 21.5. The van der Waals surface area contributed by atoms with E-state index in [0.717, 1.165) is 5.56 Å². The summed E-state index contributed by atoms with van der Waals surface area (Å²) in [6.45, 7) is 5.04. The molecule has 4 rings (SSSR count). The molecule has 2 heterocycles. The molecular formula is C27H35N3O6S. The molecule has 0 unspecified atom stereocenters. The predicted molar refractivity (Wildman–Crippen MR) is 140 cm³/mol. The van der Waals surface area contributed by atoms with Crippen LogP contribution in [0.15, 0.2) is 47.4 Å². The molecular weight excluding hydrogens is 494 g/mol. The lowest BCUT2D eigenvalue weighted by Crippen LogP contribution is -2.49. The number of methoxy groups -OCH3 is 1. The van der Waals surface area contributed by atoms with Gasteiger partial charge in [-0.25, -0.2) is 8.42 Å². The molecule has 1 fully saturated rings. The molecule has 0 bridgehead atoms. The number of sulfonamides is 1. The van der Waals surface area contributed by atoms with Crippen LogP contribution >= 0.6 is 0 Å². The Morgan fingerprint density at radius 2 is 1.68 bits per heavy atom. The van der Waals surface area contributed by atoms with Crippen LogP contribution in [0.5, 0.6) is 5.75 Å². The molecule has 0 atom stereocenters. The molecule has 1 saturated heterocycles. The number of hydrogen-bond donors (Lipinski definition) is 0. The zero-order valence-corrected chi connectivity index (χ0v) is 22.3. The summed E-state index contributed by atoms with van der Waals surface area (Å²) >= 11 is 0. The van der Waals surface area contributed by atoms with Gasteiger partial charge in [-0.15, -0.1) is 0 Å². The lowest BCUT2D eigenvalue weighted by Gasteiger charge is -2.37. The van der Waals surface area contributed by atoms with Crippen molar-refractivity contribution in [2.24, 2.45) is 0 Å². The van der Waals surface area contributed by atoms with Crippen LogP contribution in [0, 0.1) is 0 Å². The number of piperazine rings is 1. The largest absolute Gasteiger partial charge is 0.495 e. The van der Waals surface area contributed by atoms with E-state index in [1.54, 1.807) is 37.1 Å². The fraction of sp³-hybridized carbons (Fsp3) is 0.481. The van der Waals surface area contributed by atoms with Crippen LogP contribution in [0.2, 0.25) is 0 Å². The summed E-state index contributed by atoms with van der Waals surface area (Å²) in [7, 11) is -2.12. The van der Waals surface area contributed by atoms with Gasteiger partial charge in [-0.3, -0.25) is 9.59 Å². The number of carbonyl (C=O) groups excluding carboxylic acids is 2. The lowest BCUT2D eigenvalue weighted by atomic mass is 10.0. The molecule has 0 saturated carbocycles. The summed E-state index contributed by atoms with van der Waals surface area (Å²) in [5.74, 6) is 0.325. The third-order valence-electron chi connectivity index (χ3n) is 6.93. The second-order valence-electron chi connectivity index (χ2n) is 9.22. The van der Waals surface area contributed by atoms with Crippen LogP contribution in [0.3, 0.4) is 0 Å². The number of nitrogens with zero attached hydrogens (tertiary/aromatic N) is 3. The monoisotopic (exact) mass is 529 g/mol. The number of rotatable bonds is 9. The van der Waals surface area contributed by atoms with Gasteiger partial charge in [-0.05, 0) is 49.1 Å². The third kappa shape index (κ3) is 6.24. The van der Waals surface area contributed by atoms with Crippen molar-refractivity contribution in [3.05, 3.63) is 53.6 Å². The molecule has 37 heavy (non-hydrogen) atoms. The second-order valence-corrected chi connectivity index (χ2v) is 11.2. The van der Waals surface area contributed by atoms with Gasteiger partial charge in [-0.2, -0.15) is 4.31 Å². The predicted octanol–water partition coefficient (Wildman–Crippen LogP) is 2.82. The summed E-state index contributed by atoms with van der Waals surface area (Å²) < 4.78 is 39.1. The SMILES string of the molecule is CCOC(=O)CCCC(=O)N1CCN(c2cc(S(=O)(=O)N3CCc4ccccc4C3)ccc2OC)CC1. The second kappa shape index (κ2) is 12.0. The summed E-state index contributed by atoms with van der Waals surface area (Å²) in [6, 6.07) is 12.9. The highest BCUT2D eigenvalue weighted by Crippen LogP contribution is 2.34. The first kappa shape index (κ1) is 26.9. The number of esters is 1. The summed E-state index contributed by atoms with van der Waals surface area (Å²) in [5.41, 5.74) is 2.93. The van der Waals surface area contributed by atoms with E-state index < -0.39 is 10.0 Å². The normalized spacial score (nSPS) is 16.3. The Bertz CT molecular complexity index is 1220. The zero-order chi connectivity index (χ0) is 26.4. The van der Waals surface area contributed by atoms with Crippen molar-refractivity contribution in [1.82, 2.24) is 9.21 Å². The van der Waals surface area contributed by atoms with E-state index in [1.165, 1.54) is 9.87 Å². The number of carbonyl (C=O) groups is 2. The van der Waals surface area contributed by atoms with Gasteiger partial charge in [-0.1, -0.05) is 24.3 Å². The minimum atomic E-state index is -3.69. The Balaban J connectivity index is 1.41. The van der Waals surface area contributed by atoms with Crippen molar-refractivity contribution < 1.29 is 27.5 Å². The van der Waals surface area contributed by atoms with Gasteiger partial charge in [0.2, 0.25) is 15.9 Å².